The third-order valence-corrected chi connectivity index (χ3v) is 3.35. The van der Waals surface area contributed by atoms with Gasteiger partial charge in [0, 0.05) is 4.47 Å². The topological polar surface area (TPSA) is 56.2 Å². The van der Waals surface area contributed by atoms with Crippen molar-refractivity contribution in [3.63, 3.8) is 0 Å². The molecule has 2 rings (SSSR count). The lowest BCUT2D eigenvalue weighted by atomic mass is 10.4. The van der Waals surface area contributed by atoms with Gasteiger partial charge in [0.1, 0.15) is 0 Å². The summed E-state index contributed by atoms with van der Waals surface area (Å²) in [4.78, 5) is 4.12. The van der Waals surface area contributed by atoms with Crippen LogP contribution in [0.5, 0.6) is 0 Å². The molecule has 0 aliphatic carbocycles. The minimum Gasteiger partial charge on any atom is -0.366 e. The summed E-state index contributed by atoms with van der Waals surface area (Å²) in [5.74, 6) is 0.305. The Morgan fingerprint density at radius 1 is 1.62 bits per heavy atom. The number of anilines is 1. The van der Waals surface area contributed by atoms with E-state index in [2.05, 4.69) is 48.6 Å². The number of nitrogen functional groups attached to an aromatic ring is 1. The average molecular weight is 353 g/mol. The van der Waals surface area contributed by atoms with Crippen molar-refractivity contribution in [2.45, 2.75) is 6.92 Å². The first kappa shape index (κ1) is 9.20. The summed E-state index contributed by atoms with van der Waals surface area (Å²) in [5, 5.41) is 4.08. The van der Waals surface area contributed by atoms with Crippen molar-refractivity contribution in [2.24, 2.45) is 0 Å². The first-order valence-electron chi connectivity index (χ1n) is 3.56. The Morgan fingerprint density at radius 3 is 3.00 bits per heavy atom. The van der Waals surface area contributed by atoms with Crippen molar-refractivity contribution >= 4 is 50.1 Å². The predicted octanol–water partition coefficient (Wildman–Crippen LogP) is 1.99. The molecule has 0 saturated heterocycles. The number of hydrogen-bond donors (Lipinski definition) is 1. The molecule has 0 atom stereocenters. The van der Waals surface area contributed by atoms with Gasteiger partial charge in [-0.3, -0.25) is 0 Å². The molecule has 2 heterocycles. The van der Waals surface area contributed by atoms with Gasteiger partial charge in [-0.25, -0.2) is 4.52 Å². The van der Waals surface area contributed by atoms with Gasteiger partial charge < -0.3 is 5.73 Å². The predicted molar refractivity (Wildman–Crippen MR) is 62.6 cm³/mol. The van der Waals surface area contributed by atoms with Crippen molar-refractivity contribution < 1.29 is 0 Å². The molecule has 13 heavy (non-hydrogen) atoms. The molecule has 6 heteroatoms. The van der Waals surface area contributed by atoms with Gasteiger partial charge in [-0.1, -0.05) is 0 Å². The van der Waals surface area contributed by atoms with E-state index in [0.717, 1.165) is 19.4 Å². The monoisotopic (exact) mass is 352 g/mol. The molecule has 0 spiro atoms. The van der Waals surface area contributed by atoms with Crippen LogP contribution in [0.25, 0.3) is 5.65 Å². The molecule has 4 nitrogen and oxygen atoms in total. The van der Waals surface area contributed by atoms with Gasteiger partial charge >= 0.3 is 0 Å². The molecule has 2 aromatic rings. The normalized spacial score (nSPS) is 11.0. The smallest absolute Gasteiger partial charge is 0.240 e. The van der Waals surface area contributed by atoms with Crippen LogP contribution in [0, 0.1) is 10.5 Å². The first-order chi connectivity index (χ1) is 6.09. The summed E-state index contributed by atoms with van der Waals surface area (Å²) in [7, 11) is 0. The van der Waals surface area contributed by atoms with Crippen molar-refractivity contribution in [1.29, 1.82) is 0 Å². The second-order valence-corrected chi connectivity index (χ2v) is 4.65. The molecule has 2 N–H and O–H groups in total. The van der Waals surface area contributed by atoms with Crippen molar-refractivity contribution in [3.8, 4) is 0 Å². The molecule has 0 aliphatic heterocycles. The minimum absolute atomic E-state index is 0.305. The van der Waals surface area contributed by atoms with Crippen LogP contribution in [-0.2, 0) is 0 Å². The number of fused-ring (bicyclic) bond motifs is 1. The Balaban J connectivity index is 2.95. The fraction of sp³-hybridized carbons (Fsp3) is 0.143. The van der Waals surface area contributed by atoms with Gasteiger partial charge in [0.25, 0.3) is 0 Å². The Labute approximate surface area is 96.8 Å². The van der Waals surface area contributed by atoms with Gasteiger partial charge in [-0.05, 0) is 51.5 Å². The summed E-state index contributed by atoms with van der Waals surface area (Å²) < 4.78 is 3.77. The molecule has 0 aromatic carbocycles. The number of nitrogens with zero attached hydrogens (tertiary/aromatic N) is 3. The highest BCUT2D eigenvalue weighted by atomic mass is 127. The quantitative estimate of drug-likeness (QED) is 0.738. The molecule has 68 valence electrons. The molecule has 0 fully saturated rings. The van der Waals surface area contributed by atoms with E-state index in [1.54, 1.807) is 4.52 Å². The second-order valence-electron chi connectivity index (χ2n) is 2.63. The van der Waals surface area contributed by atoms with Crippen LogP contribution in [0.3, 0.4) is 0 Å². The highest BCUT2D eigenvalue weighted by Gasteiger charge is 2.09. The second kappa shape index (κ2) is 3.09. The molecule has 2 aromatic heterocycles. The summed E-state index contributed by atoms with van der Waals surface area (Å²) in [6.45, 7) is 1.96. The molecular formula is C7H6BrIN4. The van der Waals surface area contributed by atoms with E-state index in [1.165, 1.54) is 0 Å². The highest BCUT2D eigenvalue weighted by Crippen LogP contribution is 2.22. The number of aryl methyl sites for hydroxylation is 1. The van der Waals surface area contributed by atoms with Crippen molar-refractivity contribution in [3.05, 3.63) is 19.8 Å². The molecule has 0 saturated carbocycles. The van der Waals surface area contributed by atoms with E-state index in [9.17, 15) is 0 Å². The van der Waals surface area contributed by atoms with Crippen LogP contribution in [0.15, 0.2) is 10.5 Å². The molecule has 0 unspecified atom stereocenters. The van der Waals surface area contributed by atoms with Crippen LogP contribution < -0.4 is 5.73 Å². The maximum Gasteiger partial charge on any atom is 0.240 e. The number of hydrogen-bond acceptors (Lipinski definition) is 3. The molecule has 0 amide bonds. The fourth-order valence-corrected chi connectivity index (χ4v) is 2.58. The number of nitrogens with two attached hydrogens (primary N) is 1. The van der Waals surface area contributed by atoms with Crippen molar-refractivity contribution in [2.75, 3.05) is 5.73 Å². The number of aromatic nitrogens is 3. The van der Waals surface area contributed by atoms with Gasteiger partial charge in [0.15, 0.2) is 5.65 Å². The number of rotatable bonds is 0. The summed E-state index contributed by atoms with van der Waals surface area (Å²) >= 11 is 5.65. The maximum atomic E-state index is 5.52. The standard InChI is InChI=1S/C7H6BrIN4/c1-3-4(8)2-5(9)6-11-7(10)12-13(3)6/h2H,1H3,(H2,10,12). The SMILES string of the molecule is Cc1c(Br)cc(I)c2nc(N)nn12. The number of pyridine rings is 1. The Kier molecular flexibility index (Phi) is 2.18. The van der Waals surface area contributed by atoms with Crippen molar-refractivity contribution in [1.82, 2.24) is 14.6 Å². The Bertz CT molecular complexity index is 479. The van der Waals surface area contributed by atoms with Gasteiger partial charge in [-0.2, -0.15) is 4.98 Å². The van der Waals surface area contributed by atoms with Crippen LogP contribution in [0.1, 0.15) is 5.69 Å². The molecule has 0 bridgehead atoms. The van der Waals surface area contributed by atoms with Crippen LogP contribution >= 0.6 is 38.5 Å². The van der Waals surface area contributed by atoms with E-state index in [0.29, 0.717) is 5.95 Å². The largest absolute Gasteiger partial charge is 0.366 e. The molecular weight excluding hydrogens is 347 g/mol. The zero-order chi connectivity index (χ0) is 9.59. The minimum atomic E-state index is 0.305. The van der Waals surface area contributed by atoms with Crippen LogP contribution in [0.2, 0.25) is 0 Å². The van der Waals surface area contributed by atoms with Gasteiger partial charge in [-0.15, -0.1) is 5.10 Å². The van der Waals surface area contributed by atoms with E-state index < -0.39 is 0 Å². The van der Waals surface area contributed by atoms with E-state index >= 15 is 0 Å². The van der Waals surface area contributed by atoms with E-state index in [1.807, 2.05) is 13.0 Å². The van der Waals surface area contributed by atoms with Crippen LogP contribution in [0.4, 0.5) is 5.95 Å². The molecule has 0 aliphatic rings. The Hall–Kier alpha value is -0.370. The van der Waals surface area contributed by atoms with E-state index in [-0.39, 0.29) is 0 Å². The zero-order valence-electron chi connectivity index (χ0n) is 6.75. The zero-order valence-corrected chi connectivity index (χ0v) is 10.5. The molecule has 0 radical (unpaired) electrons. The first-order valence-corrected chi connectivity index (χ1v) is 5.43. The summed E-state index contributed by atoms with van der Waals surface area (Å²) in [6.07, 6.45) is 0. The van der Waals surface area contributed by atoms with Crippen LogP contribution in [-0.4, -0.2) is 14.6 Å². The lowest BCUT2D eigenvalue weighted by molar-refractivity contribution is 0.910. The summed E-state index contributed by atoms with van der Waals surface area (Å²) in [5.41, 5.74) is 7.32. The lowest BCUT2D eigenvalue weighted by Gasteiger charge is -2.01. The van der Waals surface area contributed by atoms with Gasteiger partial charge in [0.05, 0.1) is 9.26 Å². The Morgan fingerprint density at radius 2 is 2.31 bits per heavy atom. The third-order valence-electron chi connectivity index (χ3n) is 1.75. The maximum absolute atomic E-state index is 5.52. The number of halogens is 2. The third kappa shape index (κ3) is 1.41. The lowest BCUT2D eigenvalue weighted by Crippen LogP contribution is -1.97. The average Bonchev–Trinajstić information content (AvgIpc) is 2.44. The van der Waals surface area contributed by atoms with E-state index in [4.69, 9.17) is 5.73 Å². The van der Waals surface area contributed by atoms with Gasteiger partial charge in [0.2, 0.25) is 5.95 Å². The highest BCUT2D eigenvalue weighted by molar-refractivity contribution is 14.1. The summed E-state index contributed by atoms with van der Waals surface area (Å²) in [6, 6.07) is 2.00. The fourth-order valence-electron chi connectivity index (χ4n) is 1.10.